The van der Waals surface area contributed by atoms with Crippen molar-refractivity contribution < 1.29 is 20.2 Å². The third kappa shape index (κ3) is 1.87. The quantitative estimate of drug-likeness (QED) is 0.194. The Labute approximate surface area is 83.1 Å². The van der Waals surface area contributed by atoms with Gasteiger partial charge in [0.25, 0.3) is 11.4 Å². The van der Waals surface area contributed by atoms with E-state index in [9.17, 15) is 15.3 Å². The third-order valence-electron chi connectivity index (χ3n) is 1.83. The molecule has 0 aromatic carbocycles. The van der Waals surface area contributed by atoms with E-state index in [1.165, 1.54) is 0 Å². The zero-order valence-electron chi connectivity index (χ0n) is 7.32. The number of nitrogens with two attached hydrogens (primary N) is 1. The van der Waals surface area contributed by atoms with Crippen molar-refractivity contribution in [2.75, 3.05) is 0 Å². The predicted octanol–water partition coefficient (Wildman–Crippen LogP) is -1.31. The molecule has 1 unspecified atom stereocenters. The standard InChI is InChI=1S/C6H8N4O5/c7-5-4(9(12)13)2-1-3(8-11)6(5)10(14)15/h1-3,8,11H,7H2,(H,12,13). The van der Waals surface area contributed by atoms with E-state index < -0.39 is 33.0 Å². The van der Waals surface area contributed by atoms with Crippen molar-refractivity contribution in [3.63, 3.8) is 0 Å². The van der Waals surface area contributed by atoms with Crippen LogP contribution in [0.2, 0.25) is 0 Å². The topological polar surface area (TPSA) is 148 Å². The predicted molar refractivity (Wildman–Crippen MR) is 46.5 cm³/mol. The lowest BCUT2D eigenvalue weighted by Gasteiger charge is -2.12. The fourth-order valence-corrected chi connectivity index (χ4v) is 1.15. The van der Waals surface area contributed by atoms with E-state index in [0.29, 0.717) is 0 Å². The highest BCUT2D eigenvalue weighted by Crippen LogP contribution is 2.14. The van der Waals surface area contributed by atoms with Crippen molar-refractivity contribution in [3.05, 3.63) is 38.9 Å². The van der Waals surface area contributed by atoms with Crippen LogP contribution < -0.4 is 11.2 Å². The molecular formula is C6H8N4O5. The highest BCUT2D eigenvalue weighted by atomic mass is 16.8. The molecule has 0 radical (unpaired) electrons. The summed E-state index contributed by atoms with van der Waals surface area (Å²) in [5.41, 5.74) is 5.37. The second-order valence-corrected chi connectivity index (χ2v) is 2.68. The third-order valence-corrected chi connectivity index (χ3v) is 1.83. The lowest BCUT2D eigenvalue weighted by atomic mass is 10.0. The van der Waals surface area contributed by atoms with E-state index in [-0.39, 0.29) is 0 Å². The molecule has 0 saturated heterocycles. The van der Waals surface area contributed by atoms with Crippen molar-refractivity contribution in [1.82, 2.24) is 5.48 Å². The molecule has 0 aromatic heterocycles. The van der Waals surface area contributed by atoms with Gasteiger partial charge < -0.3 is 16.1 Å². The van der Waals surface area contributed by atoms with Crippen LogP contribution in [0.3, 0.4) is 0 Å². The van der Waals surface area contributed by atoms with Gasteiger partial charge in [-0.15, -0.1) is 0 Å². The minimum Gasteiger partial charge on any atom is -0.417 e. The summed E-state index contributed by atoms with van der Waals surface area (Å²) in [7, 11) is 0. The summed E-state index contributed by atoms with van der Waals surface area (Å²) in [6, 6.07) is -1.12. The van der Waals surface area contributed by atoms with Gasteiger partial charge in [-0.3, -0.25) is 15.3 Å². The SMILES string of the molecule is NC1=C([N+](=O)[O-])C(NO)C=C/C1=[N+](\[O-])O. The first-order valence-corrected chi connectivity index (χ1v) is 3.74. The maximum atomic E-state index is 10.6. The highest BCUT2D eigenvalue weighted by Gasteiger charge is 2.35. The van der Waals surface area contributed by atoms with Gasteiger partial charge in [-0.25, -0.2) is 0 Å². The summed E-state index contributed by atoms with van der Waals surface area (Å²) in [6.07, 6.45) is 2.17. The summed E-state index contributed by atoms with van der Waals surface area (Å²) in [4.78, 5) is 9.14. The molecule has 82 valence electrons. The molecule has 9 nitrogen and oxygen atoms in total. The van der Waals surface area contributed by atoms with Crippen LogP contribution in [0.4, 0.5) is 0 Å². The molecule has 1 aliphatic rings. The second kappa shape index (κ2) is 3.94. The molecule has 0 spiro atoms. The molecule has 15 heavy (non-hydrogen) atoms. The molecule has 0 fully saturated rings. The Hall–Kier alpha value is -2.13. The monoisotopic (exact) mass is 216 g/mol. The summed E-state index contributed by atoms with van der Waals surface area (Å²) in [5.74, 6) is 0. The summed E-state index contributed by atoms with van der Waals surface area (Å²) >= 11 is 0. The normalized spacial score (nSPS) is 24.2. The van der Waals surface area contributed by atoms with Gasteiger partial charge in [-0.2, -0.15) is 5.48 Å². The minimum atomic E-state index is -1.12. The summed E-state index contributed by atoms with van der Waals surface area (Å²) in [5, 5.41) is 38.3. The van der Waals surface area contributed by atoms with E-state index in [0.717, 1.165) is 12.2 Å². The molecule has 0 bridgehead atoms. The van der Waals surface area contributed by atoms with Gasteiger partial charge in [0.15, 0.2) is 5.70 Å². The molecule has 0 aromatic rings. The molecule has 5 N–H and O–H groups in total. The first kappa shape index (κ1) is 10.9. The molecule has 1 rings (SSSR count). The van der Waals surface area contributed by atoms with Gasteiger partial charge in [-0.05, 0) is 6.08 Å². The minimum absolute atomic E-state index is 0.451. The van der Waals surface area contributed by atoms with Crippen LogP contribution in [-0.2, 0) is 0 Å². The fourth-order valence-electron chi connectivity index (χ4n) is 1.15. The van der Waals surface area contributed by atoms with Gasteiger partial charge in [0, 0.05) is 11.0 Å². The Balaban J connectivity index is 3.29. The van der Waals surface area contributed by atoms with Crippen molar-refractivity contribution in [2.45, 2.75) is 6.04 Å². The van der Waals surface area contributed by atoms with Crippen LogP contribution in [0.1, 0.15) is 0 Å². The van der Waals surface area contributed by atoms with Crippen LogP contribution in [0.25, 0.3) is 0 Å². The number of hydrogen-bond acceptors (Lipinski definition) is 7. The largest absolute Gasteiger partial charge is 0.417 e. The second-order valence-electron chi connectivity index (χ2n) is 2.68. The maximum absolute atomic E-state index is 10.6. The molecule has 0 aliphatic heterocycles. The number of nitrogens with zero attached hydrogens (tertiary/aromatic N) is 2. The number of rotatable bonds is 2. The van der Waals surface area contributed by atoms with E-state index in [4.69, 9.17) is 16.1 Å². The van der Waals surface area contributed by atoms with Gasteiger partial charge in [0.05, 0.1) is 4.92 Å². The van der Waals surface area contributed by atoms with Gasteiger partial charge in [0.1, 0.15) is 6.04 Å². The Bertz CT molecular complexity index is 381. The van der Waals surface area contributed by atoms with Gasteiger partial charge >= 0.3 is 0 Å². The number of nitrogens with one attached hydrogen (secondary N) is 1. The van der Waals surface area contributed by atoms with E-state index in [1.54, 1.807) is 5.48 Å². The Morgan fingerprint density at radius 2 is 2.13 bits per heavy atom. The smallest absolute Gasteiger partial charge is 0.298 e. The molecule has 1 atom stereocenters. The van der Waals surface area contributed by atoms with Crippen LogP contribution in [0.5, 0.6) is 0 Å². The number of hydrogen-bond donors (Lipinski definition) is 4. The lowest BCUT2D eigenvalue weighted by Crippen LogP contribution is -2.37. The van der Waals surface area contributed by atoms with Gasteiger partial charge in [0.2, 0.25) is 0 Å². The van der Waals surface area contributed by atoms with Crippen LogP contribution in [0, 0.1) is 15.3 Å². The Morgan fingerprint density at radius 1 is 1.53 bits per heavy atom. The van der Waals surface area contributed by atoms with E-state index >= 15 is 0 Å². The average Bonchev–Trinajstić information content (AvgIpc) is 2.15. The number of allylic oxidation sites excluding steroid dienone is 1. The maximum Gasteiger partial charge on any atom is 0.298 e. The van der Waals surface area contributed by atoms with Crippen LogP contribution in [0.15, 0.2) is 23.5 Å². The fraction of sp³-hybridized carbons (Fsp3) is 0.167. The van der Waals surface area contributed by atoms with Gasteiger partial charge in [-0.1, -0.05) is 0 Å². The van der Waals surface area contributed by atoms with E-state index in [2.05, 4.69) is 0 Å². The molecule has 9 heteroatoms. The molecule has 0 saturated carbocycles. The zero-order chi connectivity index (χ0) is 11.6. The Kier molecular flexibility index (Phi) is 2.87. The van der Waals surface area contributed by atoms with Crippen LogP contribution >= 0.6 is 0 Å². The van der Waals surface area contributed by atoms with Crippen molar-refractivity contribution in [2.24, 2.45) is 5.73 Å². The highest BCUT2D eigenvalue weighted by molar-refractivity contribution is 6.05. The average molecular weight is 216 g/mol. The Morgan fingerprint density at radius 3 is 2.53 bits per heavy atom. The number of hydroxylamine groups is 1. The van der Waals surface area contributed by atoms with Crippen molar-refractivity contribution in [1.29, 1.82) is 0 Å². The summed E-state index contributed by atoms with van der Waals surface area (Å²) < 4.78 is 0. The lowest BCUT2D eigenvalue weighted by molar-refractivity contribution is -0.725. The molecule has 0 heterocycles. The summed E-state index contributed by atoms with van der Waals surface area (Å²) in [6.45, 7) is 0. The van der Waals surface area contributed by atoms with Crippen molar-refractivity contribution >= 4 is 5.71 Å². The first-order chi connectivity index (χ1) is 6.99. The van der Waals surface area contributed by atoms with E-state index in [1.807, 2.05) is 0 Å². The zero-order valence-corrected chi connectivity index (χ0v) is 7.32. The number of nitro groups is 1. The van der Waals surface area contributed by atoms with Crippen molar-refractivity contribution in [3.8, 4) is 0 Å². The molecule has 1 aliphatic carbocycles. The van der Waals surface area contributed by atoms with Crippen LogP contribution in [-0.4, -0.2) is 32.0 Å². The molecule has 0 amide bonds. The first-order valence-electron chi connectivity index (χ1n) is 3.74. The molecular weight excluding hydrogens is 208 g/mol.